The lowest BCUT2D eigenvalue weighted by Gasteiger charge is -2.02. The fourth-order valence-corrected chi connectivity index (χ4v) is 0.750. The lowest BCUT2D eigenvalue weighted by Crippen LogP contribution is -2.21. The van der Waals surface area contributed by atoms with Crippen molar-refractivity contribution in [2.75, 3.05) is 21.3 Å². The van der Waals surface area contributed by atoms with Crippen LogP contribution in [-0.4, -0.2) is 30.9 Å². The summed E-state index contributed by atoms with van der Waals surface area (Å²) < 4.78 is 14.1. The standard InChI is InChI=1S/C3H9O3Si.BrH/c1-4-7(5-2)6-3;/h1-3H3;1H. The molecule has 0 amide bonds. The molecule has 5 heteroatoms. The number of halogens is 1. The largest absolute Gasteiger partial charge is 0.576 e. The van der Waals surface area contributed by atoms with Crippen molar-refractivity contribution in [1.29, 1.82) is 0 Å². The van der Waals surface area contributed by atoms with Gasteiger partial charge in [0.25, 0.3) is 0 Å². The molecule has 0 atom stereocenters. The minimum absolute atomic E-state index is 0. The Morgan fingerprint density at radius 2 is 1.12 bits per heavy atom. The van der Waals surface area contributed by atoms with Gasteiger partial charge in [-0.2, -0.15) is 0 Å². The van der Waals surface area contributed by atoms with Gasteiger partial charge in [0.15, 0.2) is 0 Å². The van der Waals surface area contributed by atoms with Crippen molar-refractivity contribution in [2.24, 2.45) is 0 Å². The number of rotatable bonds is 3. The summed E-state index contributed by atoms with van der Waals surface area (Å²) in [5, 5.41) is 0. The molecular formula is C3H10BrO3Si. The van der Waals surface area contributed by atoms with Gasteiger partial charge in [0.2, 0.25) is 0 Å². The van der Waals surface area contributed by atoms with Crippen molar-refractivity contribution in [3.63, 3.8) is 0 Å². The highest BCUT2D eigenvalue weighted by molar-refractivity contribution is 8.93. The Labute approximate surface area is 61.7 Å². The van der Waals surface area contributed by atoms with Gasteiger partial charge in [0.05, 0.1) is 0 Å². The second-order valence-corrected chi connectivity index (χ2v) is 2.59. The van der Waals surface area contributed by atoms with Crippen molar-refractivity contribution >= 4 is 26.5 Å². The maximum absolute atomic E-state index is 4.71. The highest BCUT2D eigenvalue weighted by atomic mass is 79.9. The van der Waals surface area contributed by atoms with Gasteiger partial charge in [-0.05, 0) is 0 Å². The Hall–Kier alpha value is 0.577. The van der Waals surface area contributed by atoms with E-state index in [4.69, 9.17) is 13.3 Å². The van der Waals surface area contributed by atoms with Crippen molar-refractivity contribution in [2.45, 2.75) is 0 Å². The van der Waals surface area contributed by atoms with Crippen molar-refractivity contribution in [1.82, 2.24) is 0 Å². The maximum Gasteiger partial charge on any atom is 0.576 e. The molecule has 0 bridgehead atoms. The van der Waals surface area contributed by atoms with Crippen LogP contribution in [0.25, 0.3) is 0 Å². The van der Waals surface area contributed by atoms with Crippen LogP contribution >= 0.6 is 17.0 Å². The predicted molar refractivity (Wildman–Crippen MR) is 37.1 cm³/mol. The molecule has 0 saturated carbocycles. The molecule has 0 saturated heterocycles. The van der Waals surface area contributed by atoms with E-state index in [2.05, 4.69) is 0 Å². The summed E-state index contributed by atoms with van der Waals surface area (Å²) in [5.41, 5.74) is 0. The van der Waals surface area contributed by atoms with E-state index in [9.17, 15) is 0 Å². The van der Waals surface area contributed by atoms with Crippen LogP contribution in [0.2, 0.25) is 0 Å². The van der Waals surface area contributed by atoms with Crippen LogP contribution in [0.4, 0.5) is 0 Å². The summed E-state index contributed by atoms with van der Waals surface area (Å²) in [6.45, 7) is 0. The van der Waals surface area contributed by atoms with Crippen LogP contribution in [0.15, 0.2) is 0 Å². The third-order valence-electron chi connectivity index (χ3n) is 0.500. The number of hydrogen-bond donors (Lipinski definition) is 0. The van der Waals surface area contributed by atoms with Gasteiger partial charge in [-0.3, -0.25) is 0 Å². The molecule has 0 aromatic carbocycles. The van der Waals surface area contributed by atoms with Crippen LogP contribution in [0.5, 0.6) is 0 Å². The van der Waals surface area contributed by atoms with Crippen LogP contribution in [0, 0.1) is 0 Å². The molecular weight excluding hydrogens is 192 g/mol. The molecule has 3 nitrogen and oxygen atoms in total. The molecule has 0 unspecified atom stereocenters. The van der Waals surface area contributed by atoms with E-state index >= 15 is 0 Å². The zero-order valence-corrected chi connectivity index (χ0v) is 7.85. The Bertz CT molecular complexity index is 36.0. The summed E-state index contributed by atoms with van der Waals surface area (Å²) in [6, 6.07) is 0. The van der Waals surface area contributed by atoms with Crippen LogP contribution < -0.4 is 0 Å². The van der Waals surface area contributed by atoms with E-state index in [1.54, 1.807) is 21.3 Å². The predicted octanol–water partition coefficient (Wildman–Crippen LogP) is 0.488. The lowest BCUT2D eigenvalue weighted by atomic mass is 11.8. The molecule has 0 aliphatic heterocycles. The first-order valence-electron chi connectivity index (χ1n) is 1.84. The molecule has 0 aromatic heterocycles. The Morgan fingerprint density at radius 1 is 0.875 bits per heavy atom. The second-order valence-electron chi connectivity index (χ2n) is 0.862. The SMILES string of the molecule is Br.CO[Si](OC)OC. The summed E-state index contributed by atoms with van der Waals surface area (Å²) in [6.07, 6.45) is 0. The van der Waals surface area contributed by atoms with E-state index in [1.807, 2.05) is 0 Å². The Kier molecular flexibility index (Phi) is 10.8. The molecule has 0 aliphatic carbocycles. The average molecular weight is 202 g/mol. The fraction of sp³-hybridized carbons (Fsp3) is 1.00. The van der Waals surface area contributed by atoms with Crippen molar-refractivity contribution < 1.29 is 13.3 Å². The lowest BCUT2D eigenvalue weighted by molar-refractivity contribution is 0.163. The highest BCUT2D eigenvalue weighted by Crippen LogP contribution is 1.81. The zero-order valence-electron chi connectivity index (χ0n) is 5.13. The number of hydrogen-bond acceptors (Lipinski definition) is 3. The van der Waals surface area contributed by atoms with Crippen molar-refractivity contribution in [3.05, 3.63) is 0 Å². The molecule has 0 N–H and O–H groups in total. The molecule has 8 heavy (non-hydrogen) atoms. The summed E-state index contributed by atoms with van der Waals surface area (Å²) >= 11 is 0. The summed E-state index contributed by atoms with van der Waals surface area (Å²) in [4.78, 5) is 0. The maximum atomic E-state index is 4.71. The normalized spacial score (nSPS) is 9.00. The fourth-order valence-electron chi connectivity index (χ4n) is 0.250. The molecule has 1 radical (unpaired) electrons. The monoisotopic (exact) mass is 201 g/mol. The minimum atomic E-state index is -1.36. The Balaban J connectivity index is 0. The smallest absolute Gasteiger partial charge is 0.375 e. The third kappa shape index (κ3) is 4.73. The van der Waals surface area contributed by atoms with E-state index < -0.39 is 9.53 Å². The first-order chi connectivity index (χ1) is 3.35. The molecule has 0 heterocycles. The van der Waals surface area contributed by atoms with Gasteiger partial charge in [0.1, 0.15) is 0 Å². The van der Waals surface area contributed by atoms with Crippen LogP contribution in [-0.2, 0) is 13.3 Å². The molecule has 0 fully saturated rings. The highest BCUT2D eigenvalue weighted by Gasteiger charge is 2.09. The van der Waals surface area contributed by atoms with Crippen LogP contribution in [0.3, 0.4) is 0 Å². The van der Waals surface area contributed by atoms with E-state index in [0.29, 0.717) is 0 Å². The van der Waals surface area contributed by atoms with Crippen molar-refractivity contribution in [3.8, 4) is 0 Å². The minimum Gasteiger partial charge on any atom is -0.375 e. The quantitative estimate of drug-likeness (QED) is 0.623. The summed E-state index contributed by atoms with van der Waals surface area (Å²) in [7, 11) is 3.31. The molecule has 0 spiro atoms. The molecule has 0 aromatic rings. The Morgan fingerprint density at radius 3 is 1.12 bits per heavy atom. The molecule has 0 aliphatic rings. The van der Waals surface area contributed by atoms with Gasteiger partial charge in [0, 0.05) is 21.3 Å². The van der Waals surface area contributed by atoms with E-state index in [-0.39, 0.29) is 17.0 Å². The zero-order chi connectivity index (χ0) is 5.70. The first kappa shape index (κ1) is 11.4. The van der Waals surface area contributed by atoms with Gasteiger partial charge in [-0.1, -0.05) is 0 Å². The first-order valence-corrected chi connectivity index (χ1v) is 3.06. The van der Waals surface area contributed by atoms with Gasteiger partial charge < -0.3 is 13.3 Å². The molecule has 51 valence electrons. The summed E-state index contributed by atoms with van der Waals surface area (Å²) in [5.74, 6) is 0. The van der Waals surface area contributed by atoms with Gasteiger partial charge in [-0.15, -0.1) is 17.0 Å². The van der Waals surface area contributed by atoms with Gasteiger partial charge >= 0.3 is 9.53 Å². The van der Waals surface area contributed by atoms with E-state index in [0.717, 1.165) is 0 Å². The second kappa shape index (κ2) is 7.58. The molecule has 0 rings (SSSR count). The average Bonchev–Trinajstić information content (AvgIpc) is 1.72. The topological polar surface area (TPSA) is 27.7 Å². The third-order valence-corrected chi connectivity index (χ3v) is 1.50. The van der Waals surface area contributed by atoms with E-state index in [1.165, 1.54) is 0 Å². The van der Waals surface area contributed by atoms with Gasteiger partial charge in [-0.25, -0.2) is 0 Å². The van der Waals surface area contributed by atoms with Crippen LogP contribution in [0.1, 0.15) is 0 Å².